The van der Waals surface area contributed by atoms with Crippen LogP contribution in [0.4, 0.5) is 11.4 Å². The van der Waals surface area contributed by atoms with Gasteiger partial charge in [0.2, 0.25) is 5.91 Å². The van der Waals surface area contributed by atoms with Gasteiger partial charge in [0.1, 0.15) is 0 Å². The Morgan fingerprint density at radius 3 is 2.39 bits per heavy atom. The van der Waals surface area contributed by atoms with E-state index in [1.807, 2.05) is 37.3 Å². The van der Waals surface area contributed by atoms with Gasteiger partial charge in [-0.1, -0.05) is 49.0 Å². The van der Waals surface area contributed by atoms with E-state index in [4.69, 9.17) is 0 Å². The van der Waals surface area contributed by atoms with E-state index in [1.165, 1.54) is 30.8 Å². The summed E-state index contributed by atoms with van der Waals surface area (Å²) in [4.78, 5) is 35.4. The molecule has 0 aliphatic carbocycles. The Morgan fingerprint density at radius 1 is 1.03 bits per heavy atom. The summed E-state index contributed by atoms with van der Waals surface area (Å²) in [6.45, 7) is 3.39. The topological polar surface area (TPSA) is 120 Å². The summed E-state index contributed by atoms with van der Waals surface area (Å²) in [6, 6.07) is 22.3. The average molecular weight is 502 g/mol. The van der Waals surface area contributed by atoms with Crippen molar-refractivity contribution in [2.45, 2.75) is 30.7 Å². The van der Waals surface area contributed by atoms with Crippen LogP contribution in [0.3, 0.4) is 0 Å². The van der Waals surface area contributed by atoms with Gasteiger partial charge < -0.3 is 5.32 Å². The summed E-state index contributed by atoms with van der Waals surface area (Å²) >= 11 is 1.26. The summed E-state index contributed by atoms with van der Waals surface area (Å²) in [5, 5.41) is 22.9. The highest BCUT2D eigenvalue weighted by Crippen LogP contribution is 2.32. The standard InChI is InChI=1S/C26H23N5O4S/c1-3-23(25(33)27-20-14-12-18(13-15-20)17(2)32)36-26-29-28-24(30(26)21-9-5-4-6-10-21)19-8-7-11-22(16-19)31(34)35/h4-16,23H,3H2,1-2H3,(H,27,33). The predicted octanol–water partition coefficient (Wildman–Crippen LogP) is 5.55. The number of para-hydroxylation sites is 1. The predicted molar refractivity (Wildman–Crippen MR) is 138 cm³/mol. The lowest BCUT2D eigenvalue weighted by Gasteiger charge is -2.16. The van der Waals surface area contributed by atoms with Gasteiger partial charge in [-0.15, -0.1) is 10.2 Å². The second-order valence-corrected chi connectivity index (χ2v) is 9.09. The van der Waals surface area contributed by atoms with Gasteiger partial charge in [0.05, 0.1) is 10.2 Å². The van der Waals surface area contributed by atoms with Crippen LogP contribution in [0.15, 0.2) is 84.0 Å². The Kier molecular flexibility index (Phi) is 7.55. The van der Waals surface area contributed by atoms with Crippen LogP contribution in [0.1, 0.15) is 30.6 Å². The molecular weight excluding hydrogens is 478 g/mol. The number of thioether (sulfide) groups is 1. The first-order valence-corrected chi connectivity index (χ1v) is 12.1. The molecule has 4 aromatic rings. The molecule has 9 nitrogen and oxygen atoms in total. The van der Waals surface area contributed by atoms with E-state index < -0.39 is 10.2 Å². The molecule has 4 rings (SSSR count). The minimum Gasteiger partial charge on any atom is -0.325 e. The summed E-state index contributed by atoms with van der Waals surface area (Å²) in [5.74, 6) is 0.176. The van der Waals surface area contributed by atoms with Gasteiger partial charge in [0, 0.05) is 34.6 Å². The lowest BCUT2D eigenvalue weighted by Crippen LogP contribution is -2.25. The molecule has 1 unspecified atom stereocenters. The number of anilines is 1. The largest absolute Gasteiger partial charge is 0.325 e. The molecule has 36 heavy (non-hydrogen) atoms. The van der Waals surface area contributed by atoms with Gasteiger partial charge in [-0.3, -0.25) is 24.3 Å². The Hall–Kier alpha value is -4.31. The van der Waals surface area contributed by atoms with Crippen LogP contribution in [-0.4, -0.2) is 36.6 Å². The molecule has 3 aromatic carbocycles. The molecule has 0 aliphatic rings. The van der Waals surface area contributed by atoms with Crippen molar-refractivity contribution < 1.29 is 14.5 Å². The SMILES string of the molecule is CCC(Sc1nnc(-c2cccc([N+](=O)[O-])c2)n1-c1ccccc1)C(=O)Nc1ccc(C(C)=O)cc1. The second kappa shape index (κ2) is 11.0. The van der Waals surface area contributed by atoms with Crippen LogP contribution in [-0.2, 0) is 4.79 Å². The van der Waals surface area contributed by atoms with Gasteiger partial charge in [-0.25, -0.2) is 0 Å². The molecule has 1 aromatic heterocycles. The molecule has 10 heteroatoms. The summed E-state index contributed by atoms with van der Waals surface area (Å²) in [5.41, 5.74) is 2.41. The number of rotatable bonds is 9. The summed E-state index contributed by atoms with van der Waals surface area (Å²) in [7, 11) is 0. The van der Waals surface area contributed by atoms with Gasteiger partial charge in [0.15, 0.2) is 16.8 Å². The van der Waals surface area contributed by atoms with Crippen LogP contribution in [0.2, 0.25) is 0 Å². The number of nitro benzene ring substituents is 1. The Bertz CT molecular complexity index is 1400. The molecular formula is C26H23N5O4S. The molecule has 0 aliphatic heterocycles. The molecule has 0 spiro atoms. The number of nitrogens with one attached hydrogen (secondary N) is 1. The van der Waals surface area contributed by atoms with Crippen molar-refractivity contribution in [2.75, 3.05) is 5.32 Å². The van der Waals surface area contributed by atoms with Gasteiger partial charge in [0.25, 0.3) is 5.69 Å². The maximum atomic E-state index is 13.1. The molecule has 1 atom stereocenters. The Balaban J connectivity index is 1.65. The van der Waals surface area contributed by atoms with Crippen LogP contribution >= 0.6 is 11.8 Å². The Morgan fingerprint density at radius 2 is 1.75 bits per heavy atom. The van der Waals surface area contributed by atoms with Gasteiger partial charge in [-0.05, 0) is 49.7 Å². The van der Waals surface area contributed by atoms with Crippen LogP contribution in [0, 0.1) is 10.1 Å². The smallest absolute Gasteiger partial charge is 0.270 e. The van der Waals surface area contributed by atoms with Gasteiger partial charge >= 0.3 is 0 Å². The molecule has 0 bridgehead atoms. The number of ketones is 1. The molecule has 0 saturated carbocycles. The number of nitrogens with zero attached hydrogens (tertiary/aromatic N) is 4. The van der Waals surface area contributed by atoms with E-state index in [2.05, 4.69) is 15.5 Å². The quantitative estimate of drug-likeness (QED) is 0.138. The van der Waals surface area contributed by atoms with Crippen molar-refractivity contribution in [1.82, 2.24) is 14.8 Å². The number of hydrogen-bond acceptors (Lipinski definition) is 7. The number of carbonyl (C=O) groups excluding carboxylic acids is 2. The van der Waals surface area contributed by atoms with Crippen molar-refractivity contribution in [3.05, 3.63) is 94.5 Å². The highest BCUT2D eigenvalue weighted by atomic mass is 32.2. The Labute approximate surface area is 211 Å². The molecule has 1 amide bonds. The van der Waals surface area contributed by atoms with E-state index in [0.717, 1.165) is 5.69 Å². The minimum absolute atomic E-state index is 0.0466. The van der Waals surface area contributed by atoms with Crippen molar-refractivity contribution >= 4 is 34.8 Å². The van der Waals surface area contributed by atoms with Crippen molar-refractivity contribution in [2.24, 2.45) is 0 Å². The van der Waals surface area contributed by atoms with Crippen LogP contribution in [0.5, 0.6) is 0 Å². The zero-order valence-corrected chi connectivity index (χ0v) is 20.4. The van der Waals surface area contributed by atoms with E-state index in [0.29, 0.717) is 34.2 Å². The molecule has 1 heterocycles. The second-order valence-electron chi connectivity index (χ2n) is 7.92. The number of hydrogen-bond donors (Lipinski definition) is 1. The summed E-state index contributed by atoms with van der Waals surface area (Å²) in [6.07, 6.45) is 0.524. The van der Waals surface area contributed by atoms with Crippen LogP contribution in [0.25, 0.3) is 17.1 Å². The van der Waals surface area contributed by atoms with E-state index >= 15 is 0 Å². The molecule has 0 radical (unpaired) electrons. The first kappa shape index (κ1) is 24.8. The average Bonchev–Trinajstić information content (AvgIpc) is 3.31. The first-order chi connectivity index (χ1) is 17.4. The monoisotopic (exact) mass is 501 g/mol. The summed E-state index contributed by atoms with van der Waals surface area (Å²) < 4.78 is 1.79. The van der Waals surface area contributed by atoms with E-state index in [-0.39, 0.29) is 17.4 Å². The third-order valence-electron chi connectivity index (χ3n) is 5.43. The highest BCUT2D eigenvalue weighted by molar-refractivity contribution is 8.00. The van der Waals surface area contributed by atoms with Crippen molar-refractivity contribution in [1.29, 1.82) is 0 Å². The van der Waals surface area contributed by atoms with E-state index in [1.54, 1.807) is 41.0 Å². The first-order valence-electron chi connectivity index (χ1n) is 11.2. The maximum Gasteiger partial charge on any atom is 0.270 e. The van der Waals surface area contributed by atoms with E-state index in [9.17, 15) is 19.7 Å². The molecule has 1 N–H and O–H groups in total. The fraction of sp³-hybridized carbons (Fsp3) is 0.154. The number of Topliss-reactive ketones (excluding diaryl/α,β-unsaturated/α-hetero) is 1. The number of amides is 1. The third kappa shape index (κ3) is 5.49. The number of benzene rings is 3. The fourth-order valence-corrected chi connectivity index (χ4v) is 4.53. The minimum atomic E-state index is -0.484. The third-order valence-corrected chi connectivity index (χ3v) is 6.74. The maximum absolute atomic E-state index is 13.1. The van der Waals surface area contributed by atoms with Crippen LogP contribution < -0.4 is 5.32 Å². The highest BCUT2D eigenvalue weighted by Gasteiger charge is 2.24. The van der Waals surface area contributed by atoms with Crippen molar-refractivity contribution in [3.8, 4) is 17.1 Å². The molecule has 0 saturated heterocycles. The molecule has 0 fully saturated rings. The lowest BCUT2D eigenvalue weighted by molar-refractivity contribution is -0.384. The lowest BCUT2D eigenvalue weighted by atomic mass is 10.1. The molecule has 182 valence electrons. The zero-order valence-electron chi connectivity index (χ0n) is 19.6. The number of carbonyl (C=O) groups is 2. The normalized spacial score (nSPS) is 11.6. The van der Waals surface area contributed by atoms with Crippen molar-refractivity contribution in [3.63, 3.8) is 0 Å². The van der Waals surface area contributed by atoms with Gasteiger partial charge in [-0.2, -0.15) is 0 Å². The number of aromatic nitrogens is 3. The number of nitro groups is 1. The fourth-order valence-electron chi connectivity index (χ4n) is 3.56. The number of non-ortho nitro benzene ring substituents is 1. The zero-order chi connectivity index (χ0) is 25.7.